The van der Waals surface area contributed by atoms with Gasteiger partial charge in [0.1, 0.15) is 11.5 Å². The van der Waals surface area contributed by atoms with Crippen molar-refractivity contribution in [1.29, 1.82) is 0 Å². The molecule has 1 aromatic heterocycles. The van der Waals surface area contributed by atoms with Crippen LogP contribution in [0.1, 0.15) is 11.5 Å². The van der Waals surface area contributed by atoms with Crippen LogP contribution >= 0.6 is 0 Å². The van der Waals surface area contributed by atoms with Gasteiger partial charge in [-0.1, -0.05) is 0 Å². The zero-order valence-corrected chi connectivity index (χ0v) is 9.58. The number of hydrogen-bond donors (Lipinski definition) is 2. The summed E-state index contributed by atoms with van der Waals surface area (Å²) in [4.78, 5) is 18.7. The maximum atomic E-state index is 12.3. The largest absolute Gasteiger partial charge is 0.432 e. The van der Waals surface area contributed by atoms with Gasteiger partial charge in [0.25, 0.3) is 0 Å². The van der Waals surface area contributed by atoms with Gasteiger partial charge in [-0.25, -0.2) is 15.2 Å². The molecular formula is C9H12F3N5O. The van der Waals surface area contributed by atoms with E-state index < -0.39 is 11.9 Å². The quantitative estimate of drug-likeness (QED) is 0.847. The number of alkyl halides is 3. The van der Waals surface area contributed by atoms with Crippen molar-refractivity contribution >= 4 is 6.03 Å². The van der Waals surface area contributed by atoms with Crippen LogP contribution in [0, 0.1) is 0 Å². The normalized spacial score (nSPS) is 16.8. The van der Waals surface area contributed by atoms with Crippen molar-refractivity contribution in [3.63, 3.8) is 0 Å². The van der Waals surface area contributed by atoms with Crippen molar-refractivity contribution in [2.24, 2.45) is 0 Å². The number of rotatable bonds is 3. The van der Waals surface area contributed by atoms with Gasteiger partial charge in [-0.05, 0) is 0 Å². The average Bonchev–Trinajstić information content (AvgIpc) is 2.86. The van der Waals surface area contributed by atoms with Crippen LogP contribution in [-0.2, 0) is 12.7 Å². The van der Waals surface area contributed by atoms with Gasteiger partial charge in [0.15, 0.2) is 0 Å². The van der Waals surface area contributed by atoms with Gasteiger partial charge in [0.05, 0.1) is 19.3 Å². The topological polar surface area (TPSA) is 64.3 Å². The van der Waals surface area contributed by atoms with Crippen LogP contribution in [0.15, 0.2) is 6.20 Å². The molecule has 6 nitrogen and oxygen atoms in total. The molecule has 0 radical (unpaired) electrons. The predicted octanol–water partition coefficient (Wildman–Crippen LogP) is 0.801. The molecule has 1 fully saturated rings. The summed E-state index contributed by atoms with van der Waals surface area (Å²) >= 11 is 0. The first-order valence-corrected chi connectivity index (χ1v) is 5.25. The maximum Gasteiger partial charge on any atom is 0.432 e. The minimum absolute atomic E-state index is 0.0374. The van der Waals surface area contributed by atoms with Crippen molar-refractivity contribution in [2.45, 2.75) is 12.7 Å². The molecule has 0 unspecified atom stereocenters. The third-order valence-electron chi connectivity index (χ3n) is 2.59. The Bertz CT molecular complexity index is 444. The Morgan fingerprint density at radius 3 is 2.72 bits per heavy atom. The number of halogens is 3. The minimum atomic E-state index is -4.44. The second-order valence-corrected chi connectivity index (χ2v) is 3.93. The molecule has 100 valence electrons. The van der Waals surface area contributed by atoms with Crippen molar-refractivity contribution in [3.05, 3.63) is 17.7 Å². The molecule has 0 aliphatic carbocycles. The highest BCUT2D eigenvalue weighted by Gasteiger charge is 2.33. The maximum absolute atomic E-state index is 12.3. The zero-order valence-electron chi connectivity index (χ0n) is 9.58. The number of nitrogens with zero attached hydrogens (tertiary/aromatic N) is 3. The molecule has 2 N–H and O–H groups in total. The zero-order chi connectivity index (χ0) is 13.3. The smallest absolute Gasteiger partial charge is 0.337 e. The summed E-state index contributed by atoms with van der Waals surface area (Å²) in [5.74, 6) is 0.129. The highest BCUT2D eigenvalue weighted by Crippen LogP contribution is 2.27. The first-order valence-electron chi connectivity index (χ1n) is 5.25. The van der Waals surface area contributed by atoms with E-state index in [4.69, 9.17) is 0 Å². The summed E-state index contributed by atoms with van der Waals surface area (Å²) < 4.78 is 36.9. The molecular weight excluding hydrogens is 251 g/mol. The van der Waals surface area contributed by atoms with E-state index in [-0.39, 0.29) is 18.4 Å². The van der Waals surface area contributed by atoms with E-state index in [1.54, 1.807) is 7.05 Å². The van der Waals surface area contributed by atoms with E-state index >= 15 is 0 Å². The summed E-state index contributed by atoms with van der Waals surface area (Å²) in [5.41, 5.74) is 1.82. The molecule has 2 rings (SSSR count). The highest BCUT2D eigenvalue weighted by molar-refractivity contribution is 5.75. The second kappa shape index (κ2) is 4.48. The number of carbonyl (C=O) groups is 1. The van der Waals surface area contributed by atoms with Gasteiger partial charge in [0.2, 0.25) is 0 Å². The molecule has 0 aromatic carbocycles. The Morgan fingerprint density at radius 2 is 2.22 bits per heavy atom. The molecule has 0 spiro atoms. The number of hydrazine groups is 1. The standard InChI is InChI=1S/C9H12F3N5O/c1-16-2-3-17(8(16)18)14-5-7-13-4-6(15-7)9(10,11)12/h4,14H,2-3,5H2,1H3,(H,13,15). The lowest BCUT2D eigenvalue weighted by molar-refractivity contribution is -0.140. The summed E-state index contributed by atoms with van der Waals surface area (Å²) in [6.45, 7) is 1.11. The fraction of sp³-hybridized carbons (Fsp3) is 0.556. The molecule has 9 heteroatoms. The fourth-order valence-electron chi connectivity index (χ4n) is 1.56. The summed E-state index contributed by atoms with van der Waals surface area (Å²) in [6, 6.07) is -0.211. The lowest BCUT2D eigenvalue weighted by atomic mass is 10.5. The number of likely N-dealkylation sites (N-methyl/N-ethyl adjacent to an activating group) is 1. The van der Waals surface area contributed by atoms with Crippen molar-refractivity contribution in [2.75, 3.05) is 20.1 Å². The van der Waals surface area contributed by atoms with E-state index in [0.29, 0.717) is 13.1 Å². The van der Waals surface area contributed by atoms with E-state index in [1.807, 2.05) is 0 Å². The van der Waals surface area contributed by atoms with E-state index in [0.717, 1.165) is 6.20 Å². The van der Waals surface area contributed by atoms with Crippen molar-refractivity contribution in [1.82, 2.24) is 25.3 Å². The number of hydrogen-bond acceptors (Lipinski definition) is 3. The number of aromatic amines is 1. The molecule has 1 saturated heterocycles. The van der Waals surface area contributed by atoms with Crippen molar-refractivity contribution in [3.8, 4) is 0 Å². The Balaban J connectivity index is 1.91. The third kappa shape index (κ3) is 2.55. The van der Waals surface area contributed by atoms with Crippen LogP contribution in [0.4, 0.5) is 18.0 Å². The Hall–Kier alpha value is -1.77. The van der Waals surface area contributed by atoms with Crippen molar-refractivity contribution < 1.29 is 18.0 Å². The Kier molecular flexibility index (Phi) is 3.16. The summed E-state index contributed by atoms with van der Waals surface area (Å²) in [7, 11) is 1.65. The molecule has 1 aliphatic rings. The highest BCUT2D eigenvalue weighted by atomic mass is 19.4. The molecule has 0 atom stereocenters. The average molecular weight is 263 g/mol. The van der Waals surface area contributed by atoms with Gasteiger partial charge < -0.3 is 9.88 Å². The fourth-order valence-corrected chi connectivity index (χ4v) is 1.56. The number of amides is 2. The van der Waals surface area contributed by atoms with Crippen LogP contribution < -0.4 is 5.43 Å². The van der Waals surface area contributed by atoms with Gasteiger partial charge in [0, 0.05) is 13.6 Å². The molecule has 18 heavy (non-hydrogen) atoms. The minimum Gasteiger partial charge on any atom is -0.337 e. The van der Waals surface area contributed by atoms with Crippen LogP contribution in [0.3, 0.4) is 0 Å². The number of urea groups is 1. The first kappa shape index (κ1) is 12.7. The second-order valence-electron chi connectivity index (χ2n) is 3.93. The molecule has 0 bridgehead atoms. The lowest BCUT2D eigenvalue weighted by Crippen LogP contribution is -2.40. The molecule has 1 aliphatic heterocycles. The Morgan fingerprint density at radius 1 is 1.50 bits per heavy atom. The number of carbonyl (C=O) groups excluding carboxylic acids is 1. The van der Waals surface area contributed by atoms with E-state index in [2.05, 4.69) is 15.4 Å². The van der Waals surface area contributed by atoms with Crippen LogP contribution in [0.2, 0.25) is 0 Å². The van der Waals surface area contributed by atoms with Gasteiger partial charge in [-0.3, -0.25) is 5.01 Å². The monoisotopic (exact) mass is 263 g/mol. The molecule has 2 heterocycles. The van der Waals surface area contributed by atoms with Crippen LogP contribution in [0.5, 0.6) is 0 Å². The SMILES string of the molecule is CN1CCN(NCc2ncc(C(F)(F)F)[nH]2)C1=O. The lowest BCUT2D eigenvalue weighted by Gasteiger charge is -2.16. The molecule has 0 saturated carbocycles. The number of imidazole rings is 1. The first-order chi connectivity index (χ1) is 8.38. The Labute approximate surface area is 101 Å². The summed E-state index contributed by atoms with van der Waals surface area (Å²) in [6.07, 6.45) is -3.70. The van der Waals surface area contributed by atoms with Crippen LogP contribution in [0.25, 0.3) is 0 Å². The van der Waals surface area contributed by atoms with Crippen LogP contribution in [-0.4, -0.2) is 46.0 Å². The van der Waals surface area contributed by atoms with E-state index in [1.165, 1.54) is 9.91 Å². The number of nitrogens with one attached hydrogen (secondary N) is 2. The molecule has 1 aromatic rings. The van der Waals surface area contributed by atoms with Gasteiger partial charge in [-0.2, -0.15) is 13.2 Å². The van der Waals surface area contributed by atoms with Gasteiger partial charge in [-0.15, -0.1) is 0 Å². The molecule has 2 amide bonds. The number of H-pyrrole nitrogens is 1. The number of aromatic nitrogens is 2. The van der Waals surface area contributed by atoms with E-state index in [9.17, 15) is 18.0 Å². The summed E-state index contributed by atoms with van der Waals surface area (Å²) in [5, 5.41) is 1.34. The van der Waals surface area contributed by atoms with Gasteiger partial charge >= 0.3 is 12.2 Å². The predicted molar refractivity (Wildman–Crippen MR) is 55.2 cm³/mol. The third-order valence-corrected chi connectivity index (χ3v) is 2.59.